The molecule has 10 heteroatoms. The fourth-order valence-corrected chi connectivity index (χ4v) is 2.33. The van der Waals surface area contributed by atoms with Crippen LogP contribution in [0.3, 0.4) is 0 Å². The highest BCUT2D eigenvalue weighted by Gasteiger charge is 2.30. The summed E-state index contributed by atoms with van der Waals surface area (Å²) >= 11 is 0. The minimum atomic E-state index is -4.37. The van der Waals surface area contributed by atoms with Crippen molar-refractivity contribution in [2.45, 2.75) is 19.1 Å². The van der Waals surface area contributed by atoms with E-state index in [2.05, 4.69) is 20.3 Å². The average Bonchev–Trinajstić information content (AvgIpc) is 2.48. The monoisotopic (exact) mass is 366 g/mol. The first kappa shape index (κ1) is 20.2. The summed E-state index contributed by atoms with van der Waals surface area (Å²) in [5.74, 6) is 0.423. The lowest BCUT2D eigenvalue weighted by Crippen LogP contribution is -2.38. The van der Waals surface area contributed by atoms with Gasteiger partial charge >= 0.3 is 6.18 Å². The lowest BCUT2D eigenvalue weighted by atomic mass is 10.1. The first-order valence-corrected chi connectivity index (χ1v) is 9.06. The molecule has 0 aliphatic rings. The van der Waals surface area contributed by atoms with Gasteiger partial charge in [0.1, 0.15) is 0 Å². The van der Waals surface area contributed by atoms with E-state index >= 15 is 0 Å². The van der Waals surface area contributed by atoms with Crippen LogP contribution >= 0.6 is 0 Å². The van der Waals surface area contributed by atoms with Gasteiger partial charge in [0.2, 0.25) is 10.0 Å². The Kier molecular flexibility index (Phi) is 7.49. The molecule has 3 N–H and O–H groups in total. The molecule has 0 atom stereocenters. The van der Waals surface area contributed by atoms with Crippen molar-refractivity contribution in [3.8, 4) is 0 Å². The van der Waals surface area contributed by atoms with Gasteiger partial charge in [0.25, 0.3) is 0 Å². The quantitative estimate of drug-likeness (QED) is 0.386. The predicted octanol–water partition coefficient (Wildman–Crippen LogP) is 1.31. The lowest BCUT2D eigenvalue weighted by Gasteiger charge is -2.13. The Labute approximate surface area is 139 Å². The minimum Gasteiger partial charge on any atom is -0.356 e. The maximum absolute atomic E-state index is 12.7. The van der Waals surface area contributed by atoms with Gasteiger partial charge in [-0.15, -0.1) is 0 Å². The van der Waals surface area contributed by atoms with Crippen molar-refractivity contribution >= 4 is 16.0 Å². The van der Waals surface area contributed by atoms with Gasteiger partial charge in [0.05, 0.1) is 11.8 Å². The van der Waals surface area contributed by atoms with Crippen molar-refractivity contribution in [1.82, 2.24) is 15.4 Å². The van der Waals surface area contributed by atoms with Crippen LogP contribution in [0, 0.1) is 0 Å². The summed E-state index contributed by atoms with van der Waals surface area (Å²) in [5, 5.41) is 5.86. The van der Waals surface area contributed by atoms with Crippen molar-refractivity contribution < 1.29 is 21.6 Å². The van der Waals surface area contributed by atoms with Gasteiger partial charge < -0.3 is 10.6 Å². The molecular formula is C14H21F3N4O2S. The zero-order valence-corrected chi connectivity index (χ0v) is 14.3. The number of hydrogen-bond donors (Lipinski definition) is 3. The fourth-order valence-electron chi connectivity index (χ4n) is 1.82. The van der Waals surface area contributed by atoms with Crippen LogP contribution in [0.25, 0.3) is 0 Å². The first-order chi connectivity index (χ1) is 11.1. The molecule has 1 aromatic carbocycles. The number of nitrogens with one attached hydrogen (secondary N) is 3. The number of alkyl halides is 3. The highest BCUT2D eigenvalue weighted by Crippen LogP contribution is 2.29. The third kappa shape index (κ3) is 8.16. The smallest absolute Gasteiger partial charge is 0.356 e. The maximum Gasteiger partial charge on any atom is 0.416 e. The molecule has 1 rings (SSSR count). The van der Waals surface area contributed by atoms with Gasteiger partial charge in [-0.1, -0.05) is 12.1 Å². The van der Waals surface area contributed by atoms with E-state index < -0.39 is 21.8 Å². The van der Waals surface area contributed by atoms with Crippen molar-refractivity contribution in [1.29, 1.82) is 0 Å². The van der Waals surface area contributed by atoms with Gasteiger partial charge in [-0.3, -0.25) is 4.99 Å². The average molecular weight is 366 g/mol. The molecule has 0 unspecified atom stereocenters. The lowest BCUT2D eigenvalue weighted by molar-refractivity contribution is -0.137. The zero-order chi connectivity index (χ0) is 18.2. The van der Waals surface area contributed by atoms with Gasteiger partial charge in [-0.05, 0) is 24.1 Å². The minimum absolute atomic E-state index is 0.186. The van der Waals surface area contributed by atoms with E-state index in [-0.39, 0.29) is 13.1 Å². The van der Waals surface area contributed by atoms with Crippen molar-refractivity contribution in [3.05, 3.63) is 35.4 Å². The number of halogens is 3. The summed E-state index contributed by atoms with van der Waals surface area (Å²) < 4.78 is 62.1. The van der Waals surface area contributed by atoms with Crippen LogP contribution < -0.4 is 15.4 Å². The molecule has 0 radical (unpaired) electrons. The number of guanidine groups is 1. The van der Waals surface area contributed by atoms with E-state index in [0.717, 1.165) is 18.4 Å². The van der Waals surface area contributed by atoms with E-state index in [1.807, 2.05) is 0 Å². The molecule has 0 spiro atoms. The molecule has 0 aliphatic carbocycles. The van der Waals surface area contributed by atoms with Gasteiger partial charge in [-0.25, -0.2) is 13.1 Å². The third-order valence-electron chi connectivity index (χ3n) is 2.95. The maximum atomic E-state index is 12.7. The molecule has 136 valence electrons. The largest absolute Gasteiger partial charge is 0.416 e. The summed E-state index contributed by atoms with van der Waals surface area (Å²) in [6.07, 6.45) is -2.75. The van der Waals surface area contributed by atoms with Crippen LogP contribution in [0.1, 0.15) is 17.5 Å². The van der Waals surface area contributed by atoms with E-state index in [1.165, 1.54) is 13.1 Å². The molecule has 1 aromatic rings. The predicted molar refractivity (Wildman–Crippen MR) is 87.1 cm³/mol. The summed E-state index contributed by atoms with van der Waals surface area (Å²) in [6, 6.07) is 5.04. The second-order valence-corrected chi connectivity index (χ2v) is 6.90. The van der Waals surface area contributed by atoms with E-state index in [1.54, 1.807) is 6.07 Å². The van der Waals surface area contributed by atoms with Crippen molar-refractivity contribution in [2.75, 3.05) is 26.4 Å². The summed E-state index contributed by atoms with van der Waals surface area (Å²) in [7, 11) is -1.67. The Morgan fingerprint density at radius 3 is 2.50 bits per heavy atom. The summed E-state index contributed by atoms with van der Waals surface area (Å²) in [5.41, 5.74) is -0.219. The SMILES string of the molecule is CN=C(NCCCNS(C)(=O)=O)NCc1cccc(C(F)(F)F)c1. The Hall–Kier alpha value is -1.81. The number of aliphatic imine (C=N–C) groups is 1. The molecule has 0 bridgehead atoms. The van der Waals surface area contributed by atoms with E-state index in [9.17, 15) is 21.6 Å². The Morgan fingerprint density at radius 1 is 1.21 bits per heavy atom. The van der Waals surface area contributed by atoms with E-state index in [4.69, 9.17) is 0 Å². The topological polar surface area (TPSA) is 82.6 Å². The standard InChI is InChI=1S/C14H21F3N4O2S/c1-18-13(19-7-4-8-21-24(2,22)23)20-10-11-5-3-6-12(9-11)14(15,16)17/h3,5-6,9,21H,4,7-8,10H2,1-2H3,(H2,18,19,20). The van der Waals surface area contributed by atoms with Gasteiger partial charge in [-0.2, -0.15) is 13.2 Å². The second-order valence-electron chi connectivity index (χ2n) is 5.07. The summed E-state index contributed by atoms with van der Waals surface area (Å²) in [6.45, 7) is 0.937. The van der Waals surface area contributed by atoms with E-state index in [0.29, 0.717) is 24.5 Å². The molecule has 0 saturated heterocycles. The fraction of sp³-hybridized carbons (Fsp3) is 0.500. The van der Waals surface area contributed by atoms with Crippen LogP contribution in [0.2, 0.25) is 0 Å². The van der Waals surface area contributed by atoms with Crippen molar-refractivity contribution in [2.24, 2.45) is 4.99 Å². The Morgan fingerprint density at radius 2 is 1.92 bits per heavy atom. The number of nitrogens with zero attached hydrogens (tertiary/aromatic N) is 1. The van der Waals surface area contributed by atoms with Crippen molar-refractivity contribution in [3.63, 3.8) is 0 Å². The molecule has 0 heterocycles. The summed E-state index contributed by atoms with van der Waals surface area (Å²) in [4.78, 5) is 3.95. The number of benzene rings is 1. The van der Waals surface area contributed by atoms with Crippen LogP contribution in [0.5, 0.6) is 0 Å². The number of hydrogen-bond acceptors (Lipinski definition) is 3. The normalized spacial score (nSPS) is 13.0. The zero-order valence-electron chi connectivity index (χ0n) is 13.4. The second kappa shape index (κ2) is 8.88. The first-order valence-electron chi connectivity index (χ1n) is 7.17. The van der Waals surface area contributed by atoms with Gasteiger partial charge in [0, 0.05) is 26.7 Å². The highest BCUT2D eigenvalue weighted by atomic mass is 32.2. The third-order valence-corrected chi connectivity index (χ3v) is 3.68. The highest BCUT2D eigenvalue weighted by molar-refractivity contribution is 7.88. The Bertz CT molecular complexity index is 660. The molecular weight excluding hydrogens is 345 g/mol. The van der Waals surface area contributed by atoms with Crippen LogP contribution in [0.4, 0.5) is 13.2 Å². The van der Waals surface area contributed by atoms with Crippen LogP contribution in [-0.2, 0) is 22.7 Å². The molecule has 0 fully saturated rings. The Balaban J connectivity index is 2.42. The van der Waals surface area contributed by atoms with Gasteiger partial charge in [0.15, 0.2) is 5.96 Å². The van der Waals surface area contributed by atoms with Crippen LogP contribution in [0.15, 0.2) is 29.3 Å². The molecule has 6 nitrogen and oxygen atoms in total. The van der Waals surface area contributed by atoms with Crippen LogP contribution in [-0.4, -0.2) is 40.8 Å². The molecule has 0 amide bonds. The number of sulfonamides is 1. The number of rotatable bonds is 7. The molecule has 0 aliphatic heterocycles. The molecule has 0 saturated carbocycles. The molecule has 24 heavy (non-hydrogen) atoms. The molecule has 0 aromatic heterocycles.